The average molecular weight is 356 g/mol. The Labute approximate surface area is 158 Å². The zero-order valence-electron chi connectivity index (χ0n) is 15.4. The van der Waals surface area contributed by atoms with Crippen LogP contribution in [0, 0.1) is 6.92 Å². The van der Waals surface area contributed by atoms with Crippen molar-refractivity contribution in [2.45, 2.75) is 26.7 Å². The van der Waals surface area contributed by atoms with Gasteiger partial charge >= 0.3 is 0 Å². The lowest BCUT2D eigenvalue weighted by atomic mass is 10.0. The second kappa shape index (κ2) is 7.50. The first-order valence-corrected chi connectivity index (χ1v) is 9.07. The van der Waals surface area contributed by atoms with Gasteiger partial charge in [0.2, 0.25) is 5.89 Å². The van der Waals surface area contributed by atoms with Crippen LogP contribution in [0.5, 0.6) is 0 Å². The summed E-state index contributed by atoms with van der Waals surface area (Å²) in [7, 11) is 0. The number of aromatic nitrogens is 4. The highest BCUT2D eigenvalue weighted by Gasteiger charge is 2.16. The van der Waals surface area contributed by atoms with Crippen LogP contribution < -0.4 is 0 Å². The molecule has 2 heterocycles. The number of hydrogen-bond donors (Lipinski definition) is 0. The predicted molar refractivity (Wildman–Crippen MR) is 105 cm³/mol. The summed E-state index contributed by atoms with van der Waals surface area (Å²) in [6.45, 7) is 4.07. The van der Waals surface area contributed by atoms with E-state index in [1.54, 1.807) is 0 Å². The van der Waals surface area contributed by atoms with E-state index in [0.717, 1.165) is 35.4 Å². The van der Waals surface area contributed by atoms with Gasteiger partial charge in [0.05, 0.1) is 17.6 Å². The van der Waals surface area contributed by atoms with Gasteiger partial charge in [-0.3, -0.25) is 4.98 Å². The molecule has 0 unspecified atom stereocenters. The van der Waals surface area contributed by atoms with Crippen LogP contribution in [-0.4, -0.2) is 20.2 Å². The average Bonchev–Trinajstić information content (AvgIpc) is 3.20. The number of aryl methyl sites for hydroxylation is 2. The van der Waals surface area contributed by atoms with Crippen LogP contribution in [0.25, 0.3) is 34.3 Å². The Bertz CT molecular complexity index is 1060. The molecular formula is C22H20N4O. The fourth-order valence-corrected chi connectivity index (χ4v) is 3.06. The molecule has 0 N–H and O–H groups in total. The molecule has 0 bridgehead atoms. The summed E-state index contributed by atoms with van der Waals surface area (Å²) < 4.78 is 5.88. The maximum atomic E-state index is 5.88. The monoisotopic (exact) mass is 356 g/mol. The van der Waals surface area contributed by atoms with Crippen molar-refractivity contribution in [3.8, 4) is 34.3 Å². The van der Waals surface area contributed by atoms with E-state index in [-0.39, 0.29) is 0 Å². The number of benzene rings is 2. The van der Waals surface area contributed by atoms with Gasteiger partial charge in [0.1, 0.15) is 5.69 Å². The summed E-state index contributed by atoms with van der Waals surface area (Å²) in [4.78, 5) is 9.33. The highest BCUT2D eigenvalue weighted by Crippen LogP contribution is 2.28. The smallest absolute Gasteiger partial charge is 0.268 e. The summed E-state index contributed by atoms with van der Waals surface area (Å²) >= 11 is 0. The van der Waals surface area contributed by atoms with Crippen LogP contribution in [0.1, 0.15) is 24.6 Å². The lowest BCUT2D eigenvalue weighted by Crippen LogP contribution is -1.97. The van der Waals surface area contributed by atoms with Crippen molar-refractivity contribution in [3.63, 3.8) is 0 Å². The molecule has 0 amide bonds. The zero-order valence-corrected chi connectivity index (χ0v) is 15.4. The second-order valence-electron chi connectivity index (χ2n) is 6.37. The molecule has 4 rings (SSSR count). The summed E-state index contributed by atoms with van der Waals surface area (Å²) in [6.07, 6.45) is 3.88. The molecule has 2 aromatic carbocycles. The first-order valence-electron chi connectivity index (χ1n) is 9.07. The maximum absolute atomic E-state index is 5.88. The van der Waals surface area contributed by atoms with E-state index in [1.807, 2.05) is 49.5 Å². The predicted octanol–water partition coefficient (Wildman–Crippen LogP) is 5.12. The van der Waals surface area contributed by atoms with Crippen LogP contribution in [0.2, 0.25) is 0 Å². The van der Waals surface area contributed by atoms with Crippen molar-refractivity contribution < 1.29 is 4.42 Å². The largest absolute Gasteiger partial charge is 0.415 e. The Hall–Kier alpha value is -3.34. The highest BCUT2D eigenvalue weighted by molar-refractivity contribution is 5.66. The minimum atomic E-state index is 0.383. The van der Waals surface area contributed by atoms with Gasteiger partial charge in [0.15, 0.2) is 0 Å². The van der Waals surface area contributed by atoms with E-state index >= 15 is 0 Å². The van der Waals surface area contributed by atoms with E-state index in [1.165, 1.54) is 5.56 Å². The maximum Gasteiger partial charge on any atom is 0.268 e. The van der Waals surface area contributed by atoms with Crippen LogP contribution in [0.4, 0.5) is 0 Å². The molecule has 0 aliphatic heterocycles. The number of hydrogen-bond acceptors (Lipinski definition) is 5. The Morgan fingerprint density at radius 1 is 0.889 bits per heavy atom. The Balaban J connectivity index is 1.75. The molecule has 2 aromatic heterocycles. The molecular weight excluding hydrogens is 336 g/mol. The molecule has 0 aliphatic rings. The summed E-state index contributed by atoms with van der Waals surface area (Å²) in [5.74, 6) is 0.859. The fourth-order valence-electron chi connectivity index (χ4n) is 3.06. The third-order valence-corrected chi connectivity index (χ3v) is 4.42. The van der Waals surface area contributed by atoms with E-state index in [9.17, 15) is 0 Å². The molecule has 0 saturated heterocycles. The molecule has 0 atom stereocenters. The van der Waals surface area contributed by atoms with Crippen LogP contribution >= 0.6 is 0 Å². The molecule has 0 saturated carbocycles. The van der Waals surface area contributed by atoms with Gasteiger partial charge in [-0.1, -0.05) is 55.8 Å². The third-order valence-electron chi connectivity index (χ3n) is 4.42. The van der Waals surface area contributed by atoms with Gasteiger partial charge in [-0.05, 0) is 31.0 Å². The SMILES string of the molecule is CCCc1ccccc1-c1cnc(C)c(-c2nnc(-c3ccccc3)o2)n1. The van der Waals surface area contributed by atoms with Crippen molar-refractivity contribution in [3.05, 3.63) is 72.1 Å². The fraction of sp³-hybridized carbons (Fsp3) is 0.182. The highest BCUT2D eigenvalue weighted by atomic mass is 16.4. The summed E-state index contributed by atoms with van der Waals surface area (Å²) in [5.41, 5.74) is 5.43. The topological polar surface area (TPSA) is 64.7 Å². The summed E-state index contributed by atoms with van der Waals surface area (Å²) in [5, 5.41) is 8.37. The van der Waals surface area contributed by atoms with Gasteiger partial charge in [-0.25, -0.2) is 4.98 Å². The van der Waals surface area contributed by atoms with E-state index < -0.39 is 0 Å². The molecule has 0 spiro atoms. The normalized spacial score (nSPS) is 10.9. The second-order valence-corrected chi connectivity index (χ2v) is 6.37. The van der Waals surface area contributed by atoms with Crippen molar-refractivity contribution in [1.82, 2.24) is 20.2 Å². The van der Waals surface area contributed by atoms with Gasteiger partial charge in [-0.2, -0.15) is 0 Å². The molecule has 0 radical (unpaired) electrons. The summed E-state index contributed by atoms with van der Waals surface area (Å²) in [6, 6.07) is 18.0. The first-order chi connectivity index (χ1) is 13.3. The molecule has 0 aliphatic carbocycles. The molecule has 5 nitrogen and oxygen atoms in total. The Morgan fingerprint density at radius 3 is 2.44 bits per heavy atom. The van der Waals surface area contributed by atoms with Crippen molar-refractivity contribution >= 4 is 0 Å². The molecule has 134 valence electrons. The molecule has 27 heavy (non-hydrogen) atoms. The lowest BCUT2D eigenvalue weighted by molar-refractivity contribution is 0.581. The van der Waals surface area contributed by atoms with E-state index in [2.05, 4.69) is 40.3 Å². The van der Waals surface area contributed by atoms with E-state index in [4.69, 9.17) is 9.40 Å². The van der Waals surface area contributed by atoms with Gasteiger partial charge in [0.25, 0.3) is 5.89 Å². The van der Waals surface area contributed by atoms with Gasteiger partial charge in [0, 0.05) is 11.1 Å². The lowest BCUT2D eigenvalue weighted by Gasteiger charge is -2.09. The van der Waals surface area contributed by atoms with Crippen LogP contribution in [-0.2, 0) is 6.42 Å². The third kappa shape index (κ3) is 3.49. The number of rotatable bonds is 5. The molecule has 4 aromatic rings. The molecule has 0 fully saturated rings. The minimum Gasteiger partial charge on any atom is -0.415 e. The Morgan fingerprint density at radius 2 is 1.63 bits per heavy atom. The number of nitrogens with zero attached hydrogens (tertiary/aromatic N) is 4. The van der Waals surface area contributed by atoms with Crippen LogP contribution in [0.15, 0.2) is 65.2 Å². The zero-order chi connectivity index (χ0) is 18.6. The van der Waals surface area contributed by atoms with Gasteiger partial charge in [-0.15, -0.1) is 10.2 Å². The van der Waals surface area contributed by atoms with E-state index in [0.29, 0.717) is 17.5 Å². The standard InChI is InChI=1S/C22H20N4O/c1-3-9-16-10-7-8-13-18(16)19-14-23-15(2)20(24-19)22-26-25-21(27-22)17-11-5-4-6-12-17/h4-8,10-14H,3,9H2,1-2H3. The van der Waals surface area contributed by atoms with Crippen molar-refractivity contribution in [1.29, 1.82) is 0 Å². The first kappa shape index (κ1) is 17.1. The minimum absolute atomic E-state index is 0.383. The van der Waals surface area contributed by atoms with Crippen molar-refractivity contribution in [2.75, 3.05) is 0 Å². The quantitative estimate of drug-likeness (QED) is 0.496. The van der Waals surface area contributed by atoms with Crippen LogP contribution in [0.3, 0.4) is 0 Å². The van der Waals surface area contributed by atoms with Crippen molar-refractivity contribution in [2.24, 2.45) is 0 Å². The molecule has 5 heteroatoms. The Kier molecular flexibility index (Phi) is 4.75. The van der Waals surface area contributed by atoms with Gasteiger partial charge < -0.3 is 4.42 Å².